The lowest BCUT2D eigenvalue weighted by Gasteiger charge is -2.17. The molecule has 4 heteroatoms. The highest BCUT2D eigenvalue weighted by molar-refractivity contribution is 5.84. The van der Waals surface area contributed by atoms with Gasteiger partial charge in [-0.3, -0.25) is 4.79 Å². The molecule has 0 aliphatic rings. The van der Waals surface area contributed by atoms with Crippen LogP contribution in [0.15, 0.2) is 18.2 Å². The van der Waals surface area contributed by atoms with Crippen LogP contribution in [0.2, 0.25) is 0 Å². The van der Waals surface area contributed by atoms with Crippen molar-refractivity contribution in [2.75, 3.05) is 25.6 Å². The first-order valence-electron chi connectivity index (χ1n) is 6.15. The molecule has 1 amide bonds. The highest BCUT2D eigenvalue weighted by Gasteiger charge is 2.12. The normalized spacial score (nSPS) is 12.0. The maximum absolute atomic E-state index is 11.8. The van der Waals surface area contributed by atoms with E-state index in [9.17, 15) is 4.79 Å². The van der Waals surface area contributed by atoms with Crippen LogP contribution in [-0.2, 0) is 9.53 Å². The van der Waals surface area contributed by atoms with E-state index in [2.05, 4.69) is 23.6 Å². The van der Waals surface area contributed by atoms with Crippen molar-refractivity contribution in [3.63, 3.8) is 0 Å². The third-order valence-electron chi connectivity index (χ3n) is 2.75. The minimum absolute atomic E-state index is 0.0213. The van der Waals surface area contributed by atoms with Gasteiger partial charge in [0.05, 0.1) is 6.61 Å². The van der Waals surface area contributed by atoms with Crippen LogP contribution in [0, 0.1) is 13.8 Å². The topological polar surface area (TPSA) is 50.4 Å². The zero-order valence-electron chi connectivity index (χ0n) is 11.5. The van der Waals surface area contributed by atoms with E-state index >= 15 is 0 Å². The third kappa shape index (κ3) is 4.37. The van der Waals surface area contributed by atoms with Gasteiger partial charge >= 0.3 is 0 Å². The highest BCUT2D eigenvalue weighted by Crippen LogP contribution is 2.16. The number of aryl methyl sites for hydroxylation is 2. The third-order valence-corrected chi connectivity index (χ3v) is 2.75. The van der Waals surface area contributed by atoms with E-state index in [-0.39, 0.29) is 11.9 Å². The number of nitrogens with one attached hydrogen (secondary N) is 2. The largest absolute Gasteiger partial charge is 0.383 e. The van der Waals surface area contributed by atoms with Crippen molar-refractivity contribution >= 4 is 11.6 Å². The van der Waals surface area contributed by atoms with Gasteiger partial charge in [-0.25, -0.2) is 0 Å². The van der Waals surface area contributed by atoms with Crippen LogP contribution in [-0.4, -0.2) is 32.2 Å². The van der Waals surface area contributed by atoms with E-state index in [1.807, 2.05) is 26.0 Å². The number of benzene rings is 1. The van der Waals surface area contributed by atoms with Gasteiger partial charge in [0.1, 0.15) is 6.04 Å². The van der Waals surface area contributed by atoms with Gasteiger partial charge in [0.15, 0.2) is 0 Å². The maximum atomic E-state index is 11.8. The Balaban J connectivity index is 2.53. The van der Waals surface area contributed by atoms with Crippen LogP contribution in [0.25, 0.3) is 0 Å². The fourth-order valence-corrected chi connectivity index (χ4v) is 1.70. The second-order valence-corrected chi connectivity index (χ2v) is 4.47. The number of ether oxygens (including phenoxy) is 1. The van der Waals surface area contributed by atoms with Crippen LogP contribution >= 0.6 is 0 Å². The Morgan fingerprint density at radius 3 is 2.72 bits per heavy atom. The van der Waals surface area contributed by atoms with Gasteiger partial charge in [0.25, 0.3) is 0 Å². The molecule has 1 unspecified atom stereocenters. The van der Waals surface area contributed by atoms with Crippen molar-refractivity contribution in [2.45, 2.75) is 26.8 Å². The molecule has 4 nitrogen and oxygen atoms in total. The Kier molecular flexibility index (Phi) is 5.65. The summed E-state index contributed by atoms with van der Waals surface area (Å²) in [5.74, 6) is -0.0213. The van der Waals surface area contributed by atoms with Gasteiger partial charge in [-0.1, -0.05) is 17.7 Å². The highest BCUT2D eigenvalue weighted by atomic mass is 16.5. The van der Waals surface area contributed by atoms with E-state index in [1.54, 1.807) is 7.11 Å². The molecular formula is C14H22N2O2. The number of amides is 1. The van der Waals surface area contributed by atoms with Gasteiger partial charge in [-0.2, -0.15) is 0 Å². The molecule has 0 saturated carbocycles. The SMILES string of the molecule is COCCNC(=O)C(C)Nc1ccc(C)cc1C. The molecule has 1 rings (SSSR count). The van der Waals surface area contributed by atoms with Gasteiger partial charge < -0.3 is 15.4 Å². The fraction of sp³-hybridized carbons (Fsp3) is 0.500. The summed E-state index contributed by atoms with van der Waals surface area (Å²) in [5.41, 5.74) is 3.36. The molecular weight excluding hydrogens is 228 g/mol. The molecule has 0 aliphatic carbocycles. The van der Waals surface area contributed by atoms with E-state index < -0.39 is 0 Å². The van der Waals surface area contributed by atoms with Crippen LogP contribution in [0.1, 0.15) is 18.1 Å². The van der Waals surface area contributed by atoms with E-state index in [0.29, 0.717) is 13.2 Å². The zero-order chi connectivity index (χ0) is 13.5. The van der Waals surface area contributed by atoms with Gasteiger partial charge in [-0.05, 0) is 32.4 Å². The van der Waals surface area contributed by atoms with E-state index in [4.69, 9.17) is 4.74 Å². The molecule has 2 N–H and O–H groups in total. The van der Waals surface area contributed by atoms with Gasteiger partial charge in [0, 0.05) is 19.3 Å². The molecule has 0 aliphatic heterocycles. The summed E-state index contributed by atoms with van der Waals surface area (Å²) in [6.45, 7) is 7.00. The quantitative estimate of drug-likeness (QED) is 0.758. The molecule has 1 atom stereocenters. The summed E-state index contributed by atoms with van der Waals surface area (Å²) in [6, 6.07) is 5.87. The molecule has 100 valence electrons. The molecule has 0 saturated heterocycles. The maximum Gasteiger partial charge on any atom is 0.242 e. The van der Waals surface area contributed by atoms with Crippen molar-refractivity contribution in [2.24, 2.45) is 0 Å². The van der Waals surface area contributed by atoms with Crippen molar-refractivity contribution in [3.8, 4) is 0 Å². The molecule has 0 heterocycles. The monoisotopic (exact) mass is 250 g/mol. The fourth-order valence-electron chi connectivity index (χ4n) is 1.70. The van der Waals surface area contributed by atoms with Gasteiger partial charge in [-0.15, -0.1) is 0 Å². The molecule has 1 aromatic rings. The number of carbonyl (C=O) groups is 1. The summed E-state index contributed by atoms with van der Waals surface area (Å²) < 4.78 is 4.89. The summed E-state index contributed by atoms with van der Waals surface area (Å²) in [4.78, 5) is 11.8. The molecule has 0 aromatic heterocycles. The minimum Gasteiger partial charge on any atom is -0.383 e. The first kappa shape index (κ1) is 14.5. The molecule has 0 spiro atoms. The number of anilines is 1. The van der Waals surface area contributed by atoms with Gasteiger partial charge in [0.2, 0.25) is 5.91 Å². The van der Waals surface area contributed by atoms with E-state index in [1.165, 1.54) is 5.56 Å². The molecule has 0 bridgehead atoms. The summed E-state index contributed by atoms with van der Waals surface area (Å²) in [6.07, 6.45) is 0. The Morgan fingerprint density at radius 2 is 2.11 bits per heavy atom. The molecule has 0 fully saturated rings. The average molecular weight is 250 g/mol. The Bertz CT molecular complexity index is 405. The predicted octanol–water partition coefficient (Wildman–Crippen LogP) is 1.87. The van der Waals surface area contributed by atoms with Crippen molar-refractivity contribution in [1.29, 1.82) is 0 Å². The second kappa shape index (κ2) is 7.01. The Labute approximate surface area is 109 Å². The summed E-state index contributed by atoms with van der Waals surface area (Å²) in [5, 5.41) is 6.02. The van der Waals surface area contributed by atoms with Crippen LogP contribution < -0.4 is 10.6 Å². The van der Waals surface area contributed by atoms with E-state index in [0.717, 1.165) is 11.3 Å². The lowest BCUT2D eigenvalue weighted by molar-refractivity contribution is -0.121. The standard InChI is InChI=1S/C14H22N2O2/c1-10-5-6-13(11(2)9-10)16-12(3)14(17)15-7-8-18-4/h5-6,9,12,16H,7-8H2,1-4H3,(H,15,17). The Hall–Kier alpha value is -1.55. The number of methoxy groups -OCH3 is 1. The smallest absolute Gasteiger partial charge is 0.242 e. The minimum atomic E-state index is -0.261. The number of hydrogen-bond acceptors (Lipinski definition) is 3. The number of carbonyl (C=O) groups excluding carboxylic acids is 1. The average Bonchev–Trinajstić information content (AvgIpc) is 2.32. The van der Waals surface area contributed by atoms with Crippen LogP contribution in [0.4, 0.5) is 5.69 Å². The van der Waals surface area contributed by atoms with Crippen LogP contribution in [0.5, 0.6) is 0 Å². The molecule has 1 aromatic carbocycles. The summed E-state index contributed by atoms with van der Waals surface area (Å²) >= 11 is 0. The first-order chi connectivity index (χ1) is 8.54. The molecule has 18 heavy (non-hydrogen) atoms. The summed E-state index contributed by atoms with van der Waals surface area (Å²) in [7, 11) is 1.61. The zero-order valence-corrected chi connectivity index (χ0v) is 11.5. The lowest BCUT2D eigenvalue weighted by atomic mass is 10.1. The van der Waals surface area contributed by atoms with Crippen molar-refractivity contribution in [1.82, 2.24) is 5.32 Å². The van der Waals surface area contributed by atoms with Crippen molar-refractivity contribution < 1.29 is 9.53 Å². The first-order valence-corrected chi connectivity index (χ1v) is 6.15. The number of hydrogen-bond donors (Lipinski definition) is 2. The molecule has 0 radical (unpaired) electrons. The predicted molar refractivity (Wildman–Crippen MR) is 73.9 cm³/mol. The van der Waals surface area contributed by atoms with Crippen molar-refractivity contribution in [3.05, 3.63) is 29.3 Å². The Morgan fingerprint density at radius 1 is 1.39 bits per heavy atom. The lowest BCUT2D eigenvalue weighted by Crippen LogP contribution is -2.39. The second-order valence-electron chi connectivity index (χ2n) is 4.47. The number of rotatable bonds is 6. The van der Waals surface area contributed by atoms with Crippen LogP contribution in [0.3, 0.4) is 0 Å².